The third-order valence-corrected chi connectivity index (χ3v) is 4.26. The van der Waals surface area contributed by atoms with Gasteiger partial charge in [0.2, 0.25) is 0 Å². The summed E-state index contributed by atoms with van der Waals surface area (Å²) < 4.78 is 5.62. The maximum Gasteiger partial charge on any atom is 0.191 e. The van der Waals surface area contributed by atoms with E-state index in [0.29, 0.717) is 13.2 Å². The fourth-order valence-electron chi connectivity index (χ4n) is 2.10. The summed E-state index contributed by atoms with van der Waals surface area (Å²) in [5.41, 5.74) is 2.38. The minimum Gasteiger partial charge on any atom is -0.374 e. The van der Waals surface area contributed by atoms with Gasteiger partial charge in [-0.3, -0.25) is 0 Å². The minimum absolute atomic E-state index is 0.256. The molecular formula is C19H27N3OS. The number of nitrogens with one attached hydrogen (secondary N) is 2. The highest BCUT2D eigenvalue weighted by Gasteiger charge is 2.00. The number of hydrogen-bond donors (Lipinski definition) is 2. The Balaban J connectivity index is 1.87. The molecule has 2 rings (SSSR count). The van der Waals surface area contributed by atoms with Crippen LogP contribution in [-0.2, 0) is 24.4 Å². The van der Waals surface area contributed by atoms with Crippen molar-refractivity contribution >= 4 is 17.3 Å². The van der Waals surface area contributed by atoms with Gasteiger partial charge in [-0.2, -0.15) is 0 Å². The van der Waals surface area contributed by atoms with Gasteiger partial charge in [0, 0.05) is 11.4 Å². The van der Waals surface area contributed by atoms with Crippen molar-refractivity contribution in [3.63, 3.8) is 0 Å². The zero-order valence-electron chi connectivity index (χ0n) is 14.7. The first-order valence-corrected chi connectivity index (χ1v) is 9.29. The van der Waals surface area contributed by atoms with E-state index in [-0.39, 0.29) is 6.10 Å². The Morgan fingerprint density at radius 2 is 1.88 bits per heavy atom. The first kappa shape index (κ1) is 18.5. The Kier molecular flexibility index (Phi) is 7.79. The molecule has 0 saturated heterocycles. The molecule has 0 bridgehead atoms. The Morgan fingerprint density at radius 3 is 2.50 bits per heavy atom. The number of nitrogens with zero attached hydrogens (tertiary/aromatic N) is 1. The predicted octanol–water partition coefficient (Wildman–Crippen LogP) is 3.93. The van der Waals surface area contributed by atoms with Gasteiger partial charge in [-0.05, 0) is 43.3 Å². The molecule has 0 amide bonds. The molecule has 4 nitrogen and oxygen atoms in total. The van der Waals surface area contributed by atoms with Gasteiger partial charge in [-0.15, -0.1) is 11.3 Å². The van der Waals surface area contributed by atoms with Crippen LogP contribution in [0.4, 0.5) is 0 Å². The maximum absolute atomic E-state index is 5.62. The molecule has 0 radical (unpaired) electrons. The molecule has 0 unspecified atom stereocenters. The van der Waals surface area contributed by atoms with Crippen LogP contribution in [0.2, 0.25) is 0 Å². The van der Waals surface area contributed by atoms with E-state index in [1.165, 1.54) is 16.0 Å². The molecule has 5 heteroatoms. The van der Waals surface area contributed by atoms with Crippen LogP contribution in [0.15, 0.2) is 46.8 Å². The molecule has 0 aliphatic rings. The van der Waals surface area contributed by atoms with Gasteiger partial charge in [0.25, 0.3) is 0 Å². The van der Waals surface area contributed by atoms with E-state index in [4.69, 9.17) is 4.74 Å². The number of rotatable bonds is 8. The first-order valence-electron chi connectivity index (χ1n) is 8.41. The fourth-order valence-corrected chi connectivity index (χ4v) is 2.74. The second-order valence-corrected chi connectivity index (χ2v) is 6.84. The summed E-state index contributed by atoms with van der Waals surface area (Å²) in [5.74, 6) is 0.845. The summed E-state index contributed by atoms with van der Waals surface area (Å²) in [6.45, 7) is 9.14. The van der Waals surface area contributed by atoms with Crippen LogP contribution in [-0.4, -0.2) is 18.6 Å². The van der Waals surface area contributed by atoms with Crippen LogP contribution in [0.1, 0.15) is 36.8 Å². The molecule has 0 aliphatic carbocycles. The van der Waals surface area contributed by atoms with Crippen molar-refractivity contribution in [2.24, 2.45) is 4.99 Å². The lowest BCUT2D eigenvalue weighted by molar-refractivity contribution is 0.0657. The molecule has 0 fully saturated rings. The van der Waals surface area contributed by atoms with Gasteiger partial charge in [0.15, 0.2) is 5.96 Å². The zero-order chi connectivity index (χ0) is 17.2. The number of guanidine groups is 1. The molecule has 2 N–H and O–H groups in total. The summed E-state index contributed by atoms with van der Waals surface area (Å²) in [6.07, 6.45) is 0.256. The maximum atomic E-state index is 5.62. The zero-order valence-corrected chi connectivity index (χ0v) is 15.5. The van der Waals surface area contributed by atoms with Crippen LogP contribution < -0.4 is 10.6 Å². The minimum atomic E-state index is 0.256. The lowest BCUT2D eigenvalue weighted by Gasteiger charge is -2.11. The molecule has 24 heavy (non-hydrogen) atoms. The third-order valence-electron chi connectivity index (χ3n) is 3.38. The molecule has 2 aromatic rings. The normalized spacial score (nSPS) is 11.8. The number of hydrogen-bond acceptors (Lipinski definition) is 3. The Labute approximate surface area is 149 Å². The van der Waals surface area contributed by atoms with Crippen molar-refractivity contribution in [2.75, 3.05) is 6.54 Å². The van der Waals surface area contributed by atoms with Crippen molar-refractivity contribution in [1.82, 2.24) is 10.6 Å². The Hall–Kier alpha value is -1.85. The summed E-state index contributed by atoms with van der Waals surface area (Å²) in [7, 11) is 0. The highest BCUT2D eigenvalue weighted by atomic mass is 32.1. The van der Waals surface area contributed by atoms with Crippen LogP contribution in [0.3, 0.4) is 0 Å². The van der Waals surface area contributed by atoms with Crippen LogP contribution >= 0.6 is 11.3 Å². The van der Waals surface area contributed by atoms with Gasteiger partial charge in [-0.25, -0.2) is 4.99 Å². The number of thiophene rings is 1. The summed E-state index contributed by atoms with van der Waals surface area (Å²) >= 11 is 1.75. The molecule has 1 heterocycles. The summed E-state index contributed by atoms with van der Waals surface area (Å²) in [6, 6.07) is 12.6. The SMILES string of the molecule is CCNC(=NCc1ccc(COC(C)C)cc1)NCc1cccs1. The fraction of sp³-hybridized carbons (Fsp3) is 0.421. The van der Waals surface area contributed by atoms with E-state index in [1.807, 2.05) is 0 Å². The van der Waals surface area contributed by atoms with E-state index in [9.17, 15) is 0 Å². The Bertz CT molecular complexity index is 606. The van der Waals surface area contributed by atoms with Crippen LogP contribution in [0, 0.1) is 0 Å². The van der Waals surface area contributed by atoms with E-state index in [2.05, 4.69) is 78.2 Å². The average Bonchev–Trinajstić information content (AvgIpc) is 3.10. The number of benzene rings is 1. The molecule has 1 aromatic heterocycles. The first-order chi connectivity index (χ1) is 11.7. The van der Waals surface area contributed by atoms with Gasteiger partial charge >= 0.3 is 0 Å². The number of ether oxygens (including phenoxy) is 1. The lowest BCUT2D eigenvalue weighted by Crippen LogP contribution is -2.36. The number of aliphatic imine (C=N–C) groups is 1. The van der Waals surface area contributed by atoms with E-state index >= 15 is 0 Å². The molecular weight excluding hydrogens is 318 g/mol. The van der Waals surface area contributed by atoms with E-state index < -0.39 is 0 Å². The van der Waals surface area contributed by atoms with Crippen molar-refractivity contribution in [2.45, 2.75) is 46.6 Å². The molecule has 0 spiro atoms. The summed E-state index contributed by atoms with van der Waals surface area (Å²) in [4.78, 5) is 5.96. The average molecular weight is 346 g/mol. The lowest BCUT2D eigenvalue weighted by atomic mass is 10.1. The largest absolute Gasteiger partial charge is 0.374 e. The smallest absolute Gasteiger partial charge is 0.191 e. The highest BCUT2D eigenvalue weighted by Crippen LogP contribution is 2.09. The third kappa shape index (κ3) is 6.72. The summed E-state index contributed by atoms with van der Waals surface area (Å²) in [5, 5.41) is 8.74. The van der Waals surface area contributed by atoms with Crippen LogP contribution in [0.25, 0.3) is 0 Å². The second kappa shape index (κ2) is 10.1. The van der Waals surface area contributed by atoms with Gasteiger partial charge in [-0.1, -0.05) is 30.3 Å². The molecule has 130 valence electrons. The van der Waals surface area contributed by atoms with Crippen molar-refractivity contribution < 1.29 is 4.74 Å². The quantitative estimate of drug-likeness (QED) is 0.563. The van der Waals surface area contributed by atoms with E-state index in [0.717, 1.165) is 19.0 Å². The molecule has 1 aromatic carbocycles. The van der Waals surface area contributed by atoms with Crippen LogP contribution in [0.5, 0.6) is 0 Å². The van der Waals surface area contributed by atoms with Crippen molar-refractivity contribution in [3.05, 3.63) is 57.8 Å². The highest BCUT2D eigenvalue weighted by molar-refractivity contribution is 7.09. The van der Waals surface area contributed by atoms with Gasteiger partial charge in [0.1, 0.15) is 0 Å². The monoisotopic (exact) mass is 345 g/mol. The van der Waals surface area contributed by atoms with Crippen molar-refractivity contribution in [3.8, 4) is 0 Å². The molecule has 0 aliphatic heterocycles. The van der Waals surface area contributed by atoms with Gasteiger partial charge in [0.05, 0.1) is 25.8 Å². The molecule has 0 atom stereocenters. The second-order valence-electron chi connectivity index (χ2n) is 5.80. The standard InChI is InChI=1S/C19H27N3OS/c1-4-20-19(22-13-18-6-5-11-24-18)21-12-16-7-9-17(10-8-16)14-23-15(2)3/h5-11,15H,4,12-14H2,1-3H3,(H2,20,21,22). The van der Waals surface area contributed by atoms with E-state index in [1.54, 1.807) is 11.3 Å². The predicted molar refractivity (Wildman–Crippen MR) is 102 cm³/mol. The molecule has 0 saturated carbocycles. The van der Waals surface area contributed by atoms with Crippen molar-refractivity contribution in [1.29, 1.82) is 0 Å². The topological polar surface area (TPSA) is 45.7 Å². The van der Waals surface area contributed by atoms with Gasteiger partial charge < -0.3 is 15.4 Å². The Morgan fingerprint density at radius 1 is 1.12 bits per heavy atom.